The number of likely N-dealkylation sites (tertiary alicyclic amines) is 1. The highest BCUT2D eigenvalue weighted by Crippen LogP contribution is 2.46. The van der Waals surface area contributed by atoms with E-state index in [2.05, 4.69) is 22.4 Å². The second kappa shape index (κ2) is 5.65. The van der Waals surface area contributed by atoms with Gasteiger partial charge in [-0.25, -0.2) is 0 Å². The molecular formula is C17H25NO2S. The number of hydrogen-bond acceptors (Lipinski definition) is 4. The van der Waals surface area contributed by atoms with E-state index < -0.39 is 0 Å². The van der Waals surface area contributed by atoms with Gasteiger partial charge in [-0.1, -0.05) is 25.3 Å². The van der Waals surface area contributed by atoms with Crippen LogP contribution in [0, 0.1) is 0 Å². The minimum Gasteiger partial charge on any atom is -0.347 e. The van der Waals surface area contributed by atoms with Gasteiger partial charge in [-0.15, -0.1) is 11.3 Å². The molecule has 2 saturated heterocycles. The molecule has 1 saturated carbocycles. The predicted octanol–water partition coefficient (Wildman–Crippen LogP) is 3.75. The van der Waals surface area contributed by atoms with Crippen molar-refractivity contribution >= 4 is 11.3 Å². The van der Waals surface area contributed by atoms with E-state index in [1.54, 1.807) is 4.88 Å². The van der Waals surface area contributed by atoms with Crippen LogP contribution in [0.25, 0.3) is 0 Å². The van der Waals surface area contributed by atoms with Crippen molar-refractivity contribution in [2.24, 2.45) is 0 Å². The molecule has 1 aromatic rings. The van der Waals surface area contributed by atoms with Gasteiger partial charge in [0, 0.05) is 30.8 Å². The fraction of sp³-hybridized carbons (Fsp3) is 0.765. The smallest absolute Gasteiger partial charge is 0.170 e. The van der Waals surface area contributed by atoms with Gasteiger partial charge in [-0.3, -0.25) is 4.90 Å². The first kappa shape index (κ1) is 14.2. The Balaban J connectivity index is 1.55. The predicted molar refractivity (Wildman–Crippen MR) is 84.5 cm³/mol. The summed E-state index contributed by atoms with van der Waals surface area (Å²) in [5, 5.41) is 2.24. The SMILES string of the molecule is c1csc(C2(N3CCC4(CC3)OCCO4)CCCCC2)c1. The molecule has 4 rings (SSSR count). The summed E-state index contributed by atoms with van der Waals surface area (Å²) in [5.74, 6) is -0.248. The normalized spacial score (nSPS) is 29.0. The van der Waals surface area contributed by atoms with E-state index in [1.165, 1.54) is 32.1 Å². The van der Waals surface area contributed by atoms with Gasteiger partial charge in [0.1, 0.15) is 0 Å². The van der Waals surface area contributed by atoms with Crippen LogP contribution in [0.3, 0.4) is 0 Å². The standard InChI is InChI=1S/C17H25NO2S/c1-2-6-16(7-3-1,15-5-4-14-21-15)18-10-8-17(9-11-18)19-12-13-20-17/h4-5,14H,1-3,6-13H2. The number of piperidine rings is 1. The van der Waals surface area contributed by atoms with E-state index in [0.717, 1.165) is 39.1 Å². The molecule has 1 aliphatic carbocycles. The first-order chi connectivity index (χ1) is 10.3. The van der Waals surface area contributed by atoms with Gasteiger partial charge in [-0.2, -0.15) is 0 Å². The number of ether oxygens (including phenoxy) is 2. The van der Waals surface area contributed by atoms with Gasteiger partial charge in [0.05, 0.1) is 18.8 Å². The zero-order valence-electron chi connectivity index (χ0n) is 12.7. The second-order valence-corrected chi connectivity index (χ2v) is 7.61. The summed E-state index contributed by atoms with van der Waals surface area (Å²) in [5.41, 5.74) is 0.298. The Hall–Kier alpha value is -0.420. The third kappa shape index (κ3) is 2.46. The highest BCUT2D eigenvalue weighted by molar-refractivity contribution is 7.10. The molecule has 3 nitrogen and oxygen atoms in total. The Kier molecular flexibility index (Phi) is 3.82. The van der Waals surface area contributed by atoms with Gasteiger partial charge in [0.15, 0.2) is 5.79 Å². The zero-order chi connectivity index (χ0) is 14.2. The summed E-state index contributed by atoms with van der Waals surface area (Å²) >= 11 is 1.94. The lowest BCUT2D eigenvalue weighted by molar-refractivity contribution is -0.194. The Bertz CT molecular complexity index is 451. The van der Waals surface area contributed by atoms with Crippen LogP contribution in [-0.2, 0) is 15.0 Å². The molecule has 2 aliphatic heterocycles. The fourth-order valence-corrected chi connectivity index (χ4v) is 5.47. The van der Waals surface area contributed by atoms with Crippen molar-refractivity contribution in [2.45, 2.75) is 56.3 Å². The molecular weight excluding hydrogens is 282 g/mol. The maximum Gasteiger partial charge on any atom is 0.170 e. The van der Waals surface area contributed by atoms with Crippen molar-refractivity contribution < 1.29 is 9.47 Å². The maximum absolute atomic E-state index is 5.89. The molecule has 0 N–H and O–H groups in total. The highest BCUT2D eigenvalue weighted by atomic mass is 32.1. The minimum atomic E-state index is -0.248. The van der Waals surface area contributed by atoms with E-state index in [-0.39, 0.29) is 5.79 Å². The molecule has 0 amide bonds. The monoisotopic (exact) mass is 307 g/mol. The molecule has 1 spiro atoms. The minimum absolute atomic E-state index is 0.248. The first-order valence-electron chi connectivity index (χ1n) is 8.40. The van der Waals surface area contributed by atoms with E-state index in [0.29, 0.717) is 5.54 Å². The molecule has 0 aromatic carbocycles. The van der Waals surface area contributed by atoms with Crippen LogP contribution in [-0.4, -0.2) is 37.0 Å². The van der Waals surface area contributed by atoms with Crippen LogP contribution >= 0.6 is 11.3 Å². The molecule has 3 fully saturated rings. The lowest BCUT2D eigenvalue weighted by Crippen LogP contribution is -2.54. The summed E-state index contributed by atoms with van der Waals surface area (Å²) in [4.78, 5) is 4.32. The fourth-order valence-electron chi connectivity index (χ4n) is 4.46. The van der Waals surface area contributed by atoms with Crippen LogP contribution in [0.5, 0.6) is 0 Å². The second-order valence-electron chi connectivity index (χ2n) is 6.66. The molecule has 4 heteroatoms. The van der Waals surface area contributed by atoms with Gasteiger partial charge in [-0.05, 0) is 24.3 Å². The number of rotatable bonds is 2. The molecule has 1 aromatic heterocycles. The number of thiophene rings is 1. The van der Waals surface area contributed by atoms with Crippen LogP contribution in [0.1, 0.15) is 49.8 Å². The van der Waals surface area contributed by atoms with Gasteiger partial charge >= 0.3 is 0 Å². The number of nitrogens with zero attached hydrogens (tertiary/aromatic N) is 1. The highest BCUT2D eigenvalue weighted by Gasteiger charge is 2.46. The largest absolute Gasteiger partial charge is 0.347 e. The summed E-state index contributed by atoms with van der Waals surface area (Å²) in [7, 11) is 0. The van der Waals surface area contributed by atoms with Crippen molar-refractivity contribution in [1.82, 2.24) is 4.90 Å². The Morgan fingerprint density at radius 1 is 0.952 bits per heavy atom. The third-order valence-electron chi connectivity index (χ3n) is 5.60. The van der Waals surface area contributed by atoms with Gasteiger partial charge in [0.25, 0.3) is 0 Å². The molecule has 0 unspecified atom stereocenters. The summed E-state index contributed by atoms with van der Waals surface area (Å²) in [6.45, 7) is 3.77. The van der Waals surface area contributed by atoms with E-state index in [9.17, 15) is 0 Å². The van der Waals surface area contributed by atoms with E-state index in [4.69, 9.17) is 9.47 Å². The molecule has 21 heavy (non-hydrogen) atoms. The topological polar surface area (TPSA) is 21.7 Å². The van der Waals surface area contributed by atoms with Crippen LogP contribution < -0.4 is 0 Å². The first-order valence-corrected chi connectivity index (χ1v) is 9.28. The number of hydrogen-bond donors (Lipinski definition) is 0. The van der Waals surface area contributed by atoms with Gasteiger partial charge in [0.2, 0.25) is 0 Å². The maximum atomic E-state index is 5.89. The summed E-state index contributed by atoms with van der Waals surface area (Å²) < 4.78 is 11.8. The van der Waals surface area contributed by atoms with Crippen LogP contribution in [0.15, 0.2) is 17.5 Å². The van der Waals surface area contributed by atoms with E-state index in [1.807, 2.05) is 11.3 Å². The van der Waals surface area contributed by atoms with Crippen LogP contribution in [0.4, 0.5) is 0 Å². The zero-order valence-corrected chi connectivity index (χ0v) is 13.5. The Labute approximate surface area is 131 Å². The van der Waals surface area contributed by atoms with Crippen molar-refractivity contribution in [3.8, 4) is 0 Å². The van der Waals surface area contributed by atoms with Crippen molar-refractivity contribution in [3.63, 3.8) is 0 Å². The Morgan fingerprint density at radius 3 is 2.29 bits per heavy atom. The van der Waals surface area contributed by atoms with E-state index >= 15 is 0 Å². The molecule has 0 radical (unpaired) electrons. The van der Waals surface area contributed by atoms with Crippen molar-refractivity contribution in [3.05, 3.63) is 22.4 Å². The van der Waals surface area contributed by atoms with Crippen molar-refractivity contribution in [1.29, 1.82) is 0 Å². The molecule has 3 aliphatic rings. The Morgan fingerprint density at radius 2 is 1.67 bits per heavy atom. The average Bonchev–Trinajstić information content (AvgIpc) is 3.21. The molecule has 0 atom stereocenters. The summed E-state index contributed by atoms with van der Waals surface area (Å²) in [6, 6.07) is 4.56. The third-order valence-corrected chi connectivity index (χ3v) is 6.67. The lowest BCUT2D eigenvalue weighted by Gasteiger charge is -2.50. The average molecular weight is 307 g/mol. The molecule has 116 valence electrons. The molecule has 3 heterocycles. The quantitative estimate of drug-likeness (QED) is 0.830. The van der Waals surface area contributed by atoms with Gasteiger partial charge < -0.3 is 9.47 Å². The van der Waals surface area contributed by atoms with Crippen LogP contribution in [0.2, 0.25) is 0 Å². The summed E-state index contributed by atoms with van der Waals surface area (Å²) in [6.07, 6.45) is 8.83. The molecule has 0 bridgehead atoms. The van der Waals surface area contributed by atoms with Crippen molar-refractivity contribution in [2.75, 3.05) is 26.3 Å². The lowest BCUT2D eigenvalue weighted by atomic mass is 9.78.